The fourth-order valence-corrected chi connectivity index (χ4v) is 6.49. The summed E-state index contributed by atoms with van der Waals surface area (Å²) in [5.74, 6) is -0.164. The molecule has 2 aromatic carbocycles. The summed E-state index contributed by atoms with van der Waals surface area (Å²) in [6.45, 7) is 2.69. The first-order valence-corrected chi connectivity index (χ1v) is 14.3. The van der Waals surface area contributed by atoms with Crippen molar-refractivity contribution in [2.75, 3.05) is 11.9 Å². The normalized spacial score (nSPS) is 13.5. The molecule has 0 saturated heterocycles. The fourth-order valence-electron chi connectivity index (χ4n) is 5.33. The lowest BCUT2D eigenvalue weighted by Gasteiger charge is -2.25. The van der Waals surface area contributed by atoms with E-state index >= 15 is 0 Å². The van der Waals surface area contributed by atoms with Crippen molar-refractivity contribution >= 4 is 50.8 Å². The number of carbonyl (C=O) groups is 2. The van der Waals surface area contributed by atoms with Crippen molar-refractivity contribution in [3.05, 3.63) is 106 Å². The predicted octanol–water partition coefficient (Wildman–Crippen LogP) is 5.14. The highest BCUT2D eigenvalue weighted by Gasteiger charge is 2.23. The van der Waals surface area contributed by atoms with Crippen molar-refractivity contribution < 1.29 is 9.59 Å². The first-order chi connectivity index (χ1) is 20.0. The fraction of sp³-hybridized carbons (Fsp3) is 0.194. The molecule has 6 aromatic rings. The molecule has 2 N–H and O–H groups in total. The van der Waals surface area contributed by atoms with Crippen molar-refractivity contribution in [2.45, 2.75) is 25.9 Å². The number of aromatic amines is 1. The second-order valence-electron chi connectivity index (χ2n) is 10.3. The quantitative estimate of drug-likeness (QED) is 0.261. The Kier molecular flexibility index (Phi) is 6.41. The van der Waals surface area contributed by atoms with Gasteiger partial charge in [0.15, 0.2) is 5.78 Å². The summed E-state index contributed by atoms with van der Waals surface area (Å²) in [7, 11) is 2.07. The van der Waals surface area contributed by atoms with E-state index in [0.717, 1.165) is 47.5 Å². The molecule has 1 aliphatic heterocycles. The molecule has 0 unspecified atom stereocenters. The van der Waals surface area contributed by atoms with E-state index in [9.17, 15) is 9.59 Å². The number of aryl methyl sites for hydroxylation is 1. The molecule has 4 aromatic heterocycles. The molecule has 0 saturated carbocycles. The number of pyridine rings is 1. The van der Waals surface area contributed by atoms with Crippen LogP contribution >= 0.6 is 11.3 Å². The molecule has 41 heavy (non-hydrogen) atoms. The lowest BCUT2D eigenvalue weighted by Crippen LogP contribution is -2.30. The van der Waals surface area contributed by atoms with Crippen LogP contribution in [0.1, 0.15) is 42.1 Å². The Hall–Kier alpha value is -4.67. The highest BCUT2D eigenvalue weighted by atomic mass is 32.1. The topological polar surface area (TPSA) is 109 Å². The van der Waals surface area contributed by atoms with Crippen molar-refractivity contribution in [3.63, 3.8) is 0 Å². The molecular formula is C31H27N7O2S. The third-order valence-electron chi connectivity index (χ3n) is 7.51. The Morgan fingerprint density at radius 2 is 1.93 bits per heavy atom. The van der Waals surface area contributed by atoms with Crippen LogP contribution in [-0.2, 0) is 33.0 Å². The van der Waals surface area contributed by atoms with E-state index < -0.39 is 0 Å². The number of amides is 1. The van der Waals surface area contributed by atoms with Crippen LogP contribution < -0.4 is 5.32 Å². The van der Waals surface area contributed by atoms with Gasteiger partial charge in [-0.05, 0) is 35.7 Å². The number of anilines is 1. The standard InChI is InChI=1S/C31H27N7O2S/c1-37-12-5-8-21(37)17-38-13-11-23-27(18-38)41-28(33-23)15-26(39)22-9-4-10-24-29(22)35-31(34-24)36-30(40)25-14-19-6-2-3-7-20(19)16-32-25/h2-10,12,14,16H,11,13,15,17-18H2,1H3,(H2,34,35,36,40). The van der Waals surface area contributed by atoms with Crippen molar-refractivity contribution in [3.8, 4) is 0 Å². The third-order valence-corrected chi connectivity index (χ3v) is 8.59. The van der Waals surface area contributed by atoms with Crippen molar-refractivity contribution in [1.29, 1.82) is 0 Å². The molecule has 5 heterocycles. The summed E-state index contributed by atoms with van der Waals surface area (Å²) in [4.78, 5) is 46.8. The average molecular weight is 562 g/mol. The number of aromatic nitrogens is 5. The maximum absolute atomic E-state index is 13.4. The van der Waals surface area contributed by atoms with Crippen LogP contribution in [0, 0.1) is 0 Å². The van der Waals surface area contributed by atoms with Crippen LogP contribution in [0.5, 0.6) is 0 Å². The van der Waals surface area contributed by atoms with Crippen LogP contribution in [0.3, 0.4) is 0 Å². The van der Waals surface area contributed by atoms with E-state index in [1.54, 1.807) is 29.7 Å². The van der Waals surface area contributed by atoms with Crippen LogP contribution in [0.4, 0.5) is 5.95 Å². The molecule has 10 heteroatoms. The third kappa shape index (κ3) is 5.03. The molecule has 0 spiro atoms. The number of Topliss-reactive ketones (excluding diaryl/α,β-unsaturated/α-hetero) is 1. The number of carbonyl (C=O) groups excluding carboxylic acids is 2. The molecule has 1 aliphatic rings. The minimum atomic E-state index is -0.378. The monoisotopic (exact) mass is 561 g/mol. The zero-order valence-corrected chi connectivity index (χ0v) is 23.2. The number of imidazole rings is 1. The minimum Gasteiger partial charge on any atom is -0.353 e. The van der Waals surface area contributed by atoms with Gasteiger partial charge in [-0.3, -0.25) is 24.8 Å². The molecule has 0 radical (unpaired) electrons. The number of thiazole rings is 1. The van der Waals surface area contributed by atoms with E-state index in [4.69, 9.17) is 4.98 Å². The zero-order chi connectivity index (χ0) is 27.9. The Morgan fingerprint density at radius 1 is 1.05 bits per heavy atom. The number of para-hydroxylation sites is 1. The van der Waals surface area contributed by atoms with Gasteiger partial charge in [0.05, 0.1) is 17.6 Å². The number of fused-ring (bicyclic) bond motifs is 3. The van der Waals surface area contributed by atoms with E-state index in [-0.39, 0.29) is 29.8 Å². The Labute approximate surface area is 239 Å². The lowest BCUT2D eigenvalue weighted by atomic mass is 10.1. The molecular weight excluding hydrogens is 534 g/mol. The van der Waals surface area contributed by atoms with Crippen LogP contribution in [0.2, 0.25) is 0 Å². The smallest absolute Gasteiger partial charge is 0.276 e. The number of benzene rings is 2. The van der Waals surface area contributed by atoms with Gasteiger partial charge in [0, 0.05) is 67.0 Å². The van der Waals surface area contributed by atoms with E-state index in [2.05, 4.69) is 55.1 Å². The number of ketones is 1. The Morgan fingerprint density at radius 3 is 2.78 bits per heavy atom. The summed E-state index contributed by atoms with van der Waals surface area (Å²) >= 11 is 1.62. The maximum atomic E-state index is 13.4. The second kappa shape index (κ2) is 10.4. The lowest BCUT2D eigenvalue weighted by molar-refractivity contribution is 0.0992. The van der Waals surface area contributed by atoms with Gasteiger partial charge in [-0.25, -0.2) is 9.97 Å². The number of hydrogen-bond donors (Lipinski definition) is 2. The summed E-state index contributed by atoms with van der Waals surface area (Å²) < 4.78 is 2.15. The number of hydrogen-bond acceptors (Lipinski definition) is 7. The van der Waals surface area contributed by atoms with Gasteiger partial charge in [-0.1, -0.05) is 30.3 Å². The molecule has 7 rings (SSSR count). The zero-order valence-electron chi connectivity index (χ0n) is 22.4. The number of H-pyrrole nitrogens is 1. The number of rotatable bonds is 7. The average Bonchev–Trinajstić information content (AvgIpc) is 3.70. The van der Waals surface area contributed by atoms with Crippen molar-refractivity contribution in [1.82, 2.24) is 29.4 Å². The molecule has 0 fully saturated rings. The molecule has 9 nitrogen and oxygen atoms in total. The molecule has 204 valence electrons. The highest BCUT2D eigenvalue weighted by Crippen LogP contribution is 2.28. The number of nitrogens with one attached hydrogen (secondary N) is 2. The Balaban J connectivity index is 1.06. The molecule has 0 atom stereocenters. The Bertz CT molecular complexity index is 1940. The van der Waals surface area contributed by atoms with Gasteiger partial charge >= 0.3 is 0 Å². The number of nitrogens with zero attached hydrogens (tertiary/aromatic N) is 5. The highest BCUT2D eigenvalue weighted by molar-refractivity contribution is 7.11. The summed E-state index contributed by atoms with van der Waals surface area (Å²) in [5.41, 5.74) is 4.37. The van der Waals surface area contributed by atoms with Gasteiger partial charge in [-0.15, -0.1) is 11.3 Å². The first-order valence-electron chi connectivity index (χ1n) is 13.5. The van der Waals surface area contributed by atoms with Gasteiger partial charge < -0.3 is 9.55 Å². The second-order valence-corrected chi connectivity index (χ2v) is 11.5. The molecule has 1 amide bonds. The van der Waals surface area contributed by atoms with Crippen LogP contribution in [-0.4, -0.2) is 47.6 Å². The predicted molar refractivity (Wildman–Crippen MR) is 159 cm³/mol. The van der Waals surface area contributed by atoms with Gasteiger partial charge in [0.1, 0.15) is 16.2 Å². The van der Waals surface area contributed by atoms with Gasteiger partial charge in [0.25, 0.3) is 5.91 Å². The molecule has 0 bridgehead atoms. The molecule has 0 aliphatic carbocycles. The van der Waals surface area contributed by atoms with Crippen LogP contribution in [0.25, 0.3) is 21.8 Å². The van der Waals surface area contributed by atoms with E-state index in [1.165, 1.54) is 10.6 Å². The van der Waals surface area contributed by atoms with Crippen LogP contribution in [0.15, 0.2) is 73.1 Å². The van der Waals surface area contributed by atoms with Gasteiger partial charge in [0.2, 0.25) is 5.95 Å². The first kappa shape index (κ1) is 25.3. The SMILES string of the molecule is Cn1cccc1CN1CCc2nc(CC(=O)c3cccc4[nH]c(NC(=O)c5cc6ccccc6cn5)nc34)sc2C1. The summed E-state index contributed by atoms with van der Waals surface area (Å²) in [6, 6.07) is 19.1. The maximum Gasteiger partial charge on any atom is 0.276 e. The summed E-state index contributed by atoms with van der Waals surface area (Å²) in [5, 5.41) is 5.50. The largest absolute Gasteiger partial charge is 0.353 e. The van der Waals surface area contributed by atoms with E-state index in [1.807, 2.05) is 36.4 Å². The van der Waals surface area contributed by atoms with E-state index in [0.29, 0.717) is 16.6 Å². The van der Waals surface area contributed by atoms with Gasteiger partial charge in [-0.2, -0.15) is 0 Å². The van der Waals surface area contributed by atoms with Crippen molar-refractivity contribution in [2.24, 2.45) is 7.05 Å². The summed E-state index contributed by atoms with van der Waals surface area (Å²) in [6.07, 6.45) is 4.84. The minimum absolute atomic E-state index is 0.0528.